The molecule has 29 heavy (non-hydrogen) atoms. The Morgan fingerprint density at radius 2 is 1.79 bits per heavy atom. The van der Waals surface area contributed by atoms with Crippen LogP contribution in [-0.2, 0) is 13.1 Å². The normalized spacial score (nSPS) is 11.4. The van der Waals surface area contributed by atoms with Gasteiger partial charge >= 0.3 is 0 Å². The Bertz CT molecular complexity index is 972. The summed E-state index contributed by atoms with van der Waals surface area (Å²) >= 11 is 1.46. The number of Topliss-reactive ketones (excluding diaryl/α,β-unsaturated/α-hetero) is 1. The zero-order valence-corrected chi connectivity index (χ0v) is 18.8. The van der Waals surface area contributed by atoms with Gasteiger partial charge in [-0.1, -0.05) is 55.9 Å². The predicted octanol–water partition coefficient (Wildman–Crippen LogP) is 5.07. The number of thioether (sulfide) groups is 1. The van der Waals surface area contributed by atoms with Gasteiger partial charge in [-0.25, -0.2) is 0 Å². The van der Waals surface area contributed by atoms with Gasteiger partial charge in [-0.15, -0.1) is 10.2 Å². The van der Waals surface area contributed by atoms with Gasteiger partial charge in [-0.05, 0) is 44.7 Å². The summed E-state index contributed by atoms with van der Waals surface area (Å²) in [6.07, 6.45) is 1.11. The first kappa shape index (κ1) is 21.4. The molecule has 0 saturated carbocycles. The number of nitrogens with zero attached hydrogens (tertiary/aromatic N) is 4. The molecule has 0 N–H and O–H groups in total. The van der Waals surface area contributed by atoms with E-state index in [4.69, 9.17) is 0 Å². The largest absolute Gasteiger partial charge is 0.348 e. The van der Waals surface area contributed by atoms with Gasteiger partial charge in [0, 0.05) is 23.5 Å². The van der Waals surface area contributed by atoms with Crippen molar-refractivity contribution in [2.45, 2.75) is 59.3 Å². The quantitative estimate of drug-likeness (QED) is 0.365. The highest BCUT2D eigenvalue weighted by Gasteiger charge is 2.18. The molecule has 0 spiro atoms. The minimum absolute atomic E-state index is 0.144. The number of ketones is 1. The summed E-state index contributed by atoms with van der Waals surface area (Å²) in [7, 11) is 0. The molecule has 0 fully saturated rings. The van der Waals surface area contributed by atoms with E-state index in [0.29, 0.717) is 18.2 Å². The van der Waals surface area contributed by atoms with E-state index in [1.165, 1.54) is 17.3 Å². The first-order valence-electron chi connectivity index (χ1n) is 10.1. The fourth-order valence-corrected chi connectivity index (χ4v) is 4.31. The fourth-order valence-electron chi connectivity index (χ4n) is 3.44. The summed E-state index contributed by atoms with van der Waals surface area (Å²) < 4.78 is 4.33. The van der Waals surface area contributed by atoms with Gasteiger partial charge in [0.1, 0.15) is 5.82 Å². The Labute approximate surface area is 177 Å². The molecule has 2 aromatic heterocycles. The number of carbonyl (C=O) groups is 1. The number of benzene rings is 1. The predicted molar refractivity (Wildman–Crippen MR) is 119 cm³/mol. The summed E-state index contributed by atoms with van der Waals surface area (Å²) in [5.41, 5.74) is 4.23. The van der Waals surface area contributed by atoms with Gasteiger partial charge in [0.15, 0.2) is 10.9 Å². The highest BCUT2D eigenvalue weighted by atomic mass is 32.2. The maximum Gasteiger partial charge on any atom is 0.191 e. The molecule has 0 aliphatic heterocycles. The molecule has 6 heteroatoms. The van der Waals surface area contributed by atoms with Crippen LogP contribution in [0.2, 0.25) is 0 Å². The lowest BCUT2D eigenvalue weighted by atomic mass is 10.1. The molecule has 0 bridgehead atoms. The van der Waals surface area contributed by atoms with Gasteiger partial charge in [0.2, 0.25) is 0 Å². The van der Waals surface area contributed by atoms with Crippen LogP contribution in [0.1, 0.15) is 53.4 Å². The summed E-state index contributed by atoms with van der Waals surface area (Å²) in [6.45, 7) is 12.2. The standard InChI is InChI=1S/C23H30N4OS/c1-16(2)11-12-26-17(3)13-21(18(26)4)22(28)15-29-23-25-24-19(5)27(23)14-20-9-7-6-8-10-20/h6-10,13,16H,11-12,14-15H2,1-5H3. The van der Waals surface area contributed by atoms with Crippen LogP contribution in [0.3, 0.4) is 0 Å². The number of aryl methyl sites for hydroxylation is 2. The molecule has 3 rings (SSSR count). The van der Waals surface area contributed by atoms with Crippen LogP contribution in [0.25, 0.3) is 0 Å². The number of hydrogen-bond donors (Lipinski definition) is 0. The van der Waals surface area contributed by atoms with E-state index < -0.39 is 0 Å². The Kier molecular flexibility index (Phi) is 6.96. The van der Waals surface area contributed by atoms with Crippen molar-refractivity contribution in [3.05, 3.63) is 64.7 Å². The second kappa shape index (κ2) is 9.44. The van der Waals surface area contributed by atoms with E-state index in [2.05, 4.69) is 52.2 Å². The minimum Gasteiger partial charge on any atom is -0.348 e. The molecule has 3 aromatic rings. The molecule has 0 radical (unpaired) electrons. The second-order valence-electron chi connectivity index (χ2n) is 7.93. The summed E-state index contributed by atoms with van der Waals surface area (Å²) in [5, 5.41) is 9.29. The Morgan fingerprint density at radius 1 is 1.07 bits per heavy atom. The summed E-state index contributed by atoms with van der Waals surface area (Å²) in [4.78, 5) is 12.9. The number of rotatable bonds is 9. The zero-order valence-electron chi connectivity index (χ0n) is 18.0. The molecule has 0 aliphatic carbocycles. The number of aromatic nitrogens is 4. The van der Waals surface area contributed by atoms with E-state index in [0.717, 1.165) is 40.9 Å². The monoisotopic (exact) mass is 410 g/mol. The van der Waals surface area contributed by atoms with Crippen molar-refractivity contribution >= 4 is 17.5 Å². The molecule has 0 aliphatic rings. The minimum atomic E-state index is 0.144. The zero-order chi connectivity index (χ0) is 21.0. The third-order valence-corrected chi connectivity index (χ3v) is 6.19. The van der Waals surface area contributed by atoms with E-state index in [1.54, 1.807) is 0 Å². The van der Waals surface area contributed by atoms with Crippen molar-refractivity contribution in [2.24, 2.45) is 5.92 Å². The van der Waals surface area contributed by atoms with Crippen LogP contribution in [-0.4, -0.2) is 30.9 Å². The van der Waals surface area contributed by atoms with Gasteiger partial charge in [0.25, 0.3) is 0 Å². The van der Waals surface area contributed by atoms with Crippen LogP contribution < -0.4 is 0 Å². The van der Waals surface area contributed by atoms with E-state index in [-0.39, 0.29) is 5.78 Å². The van der Waals surface area contributed by atoms with Crippen molar-refractivity contribution in [2.75, 3.05) is 5.75 Å². The lowest BCUT2D eigenvalue weighted by Crippen LogP contribution is -2.09. The smallest absolute Gasteiger partial charge is 0.191 e. The lowest BCUT2D eigenvalue weighted by molar-refractivity contribution is 0.102. The maximum absolute atomic E-state index is 12.9. The molecule has 0 saturated heterocycles. The van der Waals surface area contributed by atoms with Gasteiger partial charge in [0.05, 0.1) is 12.3 Å². The highest BCUT2D eigenvalue weighted by molar-refractivity contribution is 7.99. The molecular weight excluding hydrogens is 380 g/mol. The topological polar surface area (TPSA) is 52.7 Å². The first-order valence-corrected chi connectivity index (χ1v) is 11.1. The van der Waals surface area contributed by atoms with Crippen LogP contribution in [0.15, 0.2) is 41.6 Å². The molecule has 0 atom stereocenters. The SMILES string of the molecule is Cc1cc(C(=O)CSc2nnc(C)n2Cc2ccccc2)c(C)n1CCC(C)C. The van der Waals surface area contributed by atoms with Crippen LogP contribution in [0, 0.1) is 26.7 Å². The lowest BCUT2D eigenvalue weighted by Gasteiger charge is -2.11. The molecule has 2 heterocycles. The first-order chi connectivity index (χ1) is 13.9. The third-order valence-electron chi connectivity index (χ3n) is 5.22. The Morgan fingerprint density at radius 3 is 2.48 bits per heavy atom. The second-order valence-corrected chi connectivity index (χ2v) is 8.87. The molecular formula is C23H30N4OS. The van der Waals surface area contributed by atoms with Gasteiger partial charge < -0.3 is 9.13 Å². The number of carbonyl (C=O) groups excluding carboxylic acids is 1. The van der Waals surface area contributed by atoms with Crippen LogP contribution >= 0.6 is 11.8 Å². The van der Waals surface area contributed by atoms with Crippen molar-refractivity contribution in [1.29, 1.82) is 0 Å². The highest BCUT2D eigenvalue weighted by Crippen LogP contribution is 2.23. The molecule has 5 nitrogen and oxygen atoms in total. The average Bonchev–Trinajstić information content (AvgIpc) is 3.18. The van der Waals surface area contributed by atoms with Crippen molar-refractivity contribution in [3.63, 3.8) is 0 Å². The molecule has 0 amide bonds. The Balaban J connectivity index is 1.70. The van der Waals surface area contributed by atoms with E-state index in [9.17, 15) is 4.79 Å². The van der Waals surface area contributed by atoms with E-state index in [1.807, 2.05) is 38.1 Å². The van der Waals surface area contributed by atoms with E-state index >= 15 is 0 Å². The van der Waals surface area contributed by atoms with Gasteiger partial charge in [-0.3, -0.25) is 4.79 Å². The third kappa shape index (κ3) is 5.18. The molecule has 154 valence electrons. The Hall–Kier alpha value is -2.34. The fraction of sp³-hybridized carbons (Fsp3) is 0.435. The van der Waals surface area contributed by atoms with Gasteiger partial charge in [-0.2, -0.15) is 0 Å². The number of hydrogen-bond acceptors (Lipinski definition) is 4. The van der Waals surface area contributed by atoms with Crippen molar-refractivity contribution < 1.29 is 4.79 Å². The molecule has 1 aromatic carbocycles. The summed E-state index contributed by atoms with van der Waals surface area (Å²) in [5.74, 6) is 2.01. The van der Waals surface area contributed by atoms with Crippen molar-refractivity contribution in [1.82, 2.24) is 19.3 Å². The maximum atomic E-state index is 12.9. The molecule has 0 unspecified atom stereocenters. The van der Waals surface area contributed by atoms with Crippen LogP contribution in [0.5, 0.6) is 0 Å². The van der Waals surface area contributed by atoms with Crippen molar-refractivity contribution in [3.8, 4) is 0 Å². The average molecular weight is 411 g/mol. The van der Waals surface area contributed by atoms with Crippen LogP contribution in [0.4, 0.5) is 0 Å². The summed E-state index contributed by atoms with van der Waals surface area (Å²) in [6, 6.07) is 12.3.